The molecule has 0 aliphatic heterocycles. The molecule has 24 heavy (non-hydrogen) atoms. The molecule has 1 unspecified atom stereocenters. The molecule has 0 saturated heterocycles. The van der Waals surface area contributed by atoms with E-state index in [4.69, 9.17) is 4.42 Å². The monoisotopic (exact) mass is 344 g/mol. The average Bonchev–Trinajstić information content (AvgIpc) is 3.11. The van der Waals surface area contributed by atoms with Gasteiger partial charge in [-0.1, -0.05) is 20.8 Å². The molecule has 2 aromatic rings. The maximum absolute atomic E-state index is 12.4. The molecule has 1 aliphatic rings. The van der Waals surface area contributed by atoms with E-state index in [1.807, 2.05) is 24.4 Å². The summed E-state index contributed by atoms with van der Waals surface area (Å²) in [6.07, 6.45) is 4.72. The molecule has 2 aromatic heterocycles. The predicted octanol–water partition coefficient (Wildman–Crippen LogP) is 4.56. The van der Waals surface area contributed by atoms with E-state index < -0.39 is 0 Å². The second-order valence-corrected chi connectivity index (χ2v) is 8.47. The summed E-state index contributed by atoms with van der Waals surface area (Å²) in [5.41, 5.74) is 4.91. The van der Waals surface area contributed by atoms with E-state index in [1.54, 1.807) is 11.3 Å². The van der Waals surface area contributed by atoms with E-state index in [9.17, 15) is 4.79 Å². The van der Waals surface area contributed by atoms with Crippen molar-refractivity contribution in [2.45, 2.75) is 47.0 Å². The van der Waals surface area contributed by atoms with Crippen LogP contribution in [0, 0.1) is 18.3 Å². The Morgan fingerprint density at radius 1 is 1.42 bits per heavy atom. The van der Waals surface area contributed by atoms with Crippen LogP contribution in [-0.4, -0.2) is 12.1 Å². The third kappa shape index (κ3) is 3.61. The number of amides is 1. The Bertz CT molecular complexity index is 765. The molecule has 0 radical (unpaired) electrons. The maximum atomic E-state index is 12.4. The first kappa shape index (κ1) is 17.0. The van der Waals surface area contributed by atoms with Gasteiger partial charge in [-0.25, -0.2) is 5.43 Å². The largest absolute Gasteiger partial charge is 0.460 e. The van der Waals surface area contributed by atoms with E-state index >= 15 is 0 Å². The Morgan fingerprint density at radius 2 is 2.21 bits per heavy atom. The van der Waals surface area contributed by atoms with Gasteiger partial charge in [0.05, 0.1) is 11.8 Å². The molecule has 3 rings (SSSR count). The minimum Gasteiger partial charge on any atom is -0.460 e. The first-order valence-electron chi connectivity index (χ1n) is 8.33. The van der Waals surface area contributed by atoms with Crippen LogP contribution in [-0.2, 0) is 12.8 Å². The SMILES string of the molecule is Cc1ccc(/C=N\NC(=O)c2csc3c2CCC(C(C)(C)C)C3)o1. The standard InChI is InChI=1S/C19H24N2O2S/c1-12-5-7-14(23-12)10-20-21-18(22)16-11-24-17-9-13(19(2,3)4)6-8-15(16)17/h5,7,10-11,13H,6,8-9H2,1-4H3,(H,21,22)/b20-10-. The van der Waals surface area contributed by atoms with Crippen molar-refractivity contribution in [3.05, 3.63) is 45.0 Å². The Balaban J connectivity index is 1.67. The van der Waals surface area contributed by atoms with Crippen LogP contribution >= 0.6 is 11.3 Å². The summed E-state index contributed by atoms with van der Waals surface area (Å²) in [5.74, 6) is 2.00. The number of nitrogens with zero attached hydrogens (tertiary/aromatic N) is 1. The van der Waals surface area contributed by atoms with Crippen LogP contribution < -0.4 is 5.43 Å². The van der Waals surface area contributed by atoms with Crippen LogP contribution in [0.4, 0.5) is 0 Å². The van der Waals surface area contributed by atoms with Crippen LogP contribution in [0.1, 0.15) is 59.5 Å². The lowest BCUT2D eigenvalue weighted by Crippen LogP contribution is -2.27. The van der Waals surface area contributed by atoms with Crippen molar-refractivity contribution in [1.82, 2.24) is 5.43 Å². The van der Waals surface area contributed by atoms with Crippen LogP contribution in [0.25, 0.3) is 0 Å². The second kappa shape index (κ2) is 6.55. The van der Waals surface area contributed by atoms with Crippen molar-refractivity contribution in [2.75, 3.05) is 0 Å². The lowest BCUT2D eigenvalue weighted by atomic mass is 9.72. The van der Waals surface area contributed by atoms with E-state index in [0.29, 0.717) is 17.1 Å². The number of nitrogens with one attached hydrogen (secondary N) is 1. The van der Waals surface area contributed by atoms with Gasteiger partial charge in [0, 0.05) is 10.3 Å². The Hall–Kier alpha value is -1.88. The van der Waals surface area contributed by atoms with Crippen LogP contribution in [0.15, 0.2) is 27.0 Å². The molecule has 1 amide bonds. The molecule has 0 spiro atoms. The maximum Gasteiger partial charge on any atom is 0.272 e. The van der Waals surface area contributed by atoms with Crippen LogP contribution in [0.5, 0.6) is 0 Å². The minimum absolute atomic E-state index is 0.138. The second-order valence-electron chi connectivity index (χ2n) is 7.50. The topological polar surface area (TPSA) is 54.6 Å². The van der Waals surface area contributed by atoms with Crippen molar-refractivity contribution < 1.29 is 9.21 Å². The summed E-state index contributed by atoms with van der Waals surface area (Å²) in [4.78, 5) is 13.8. The van der Waals surface area contributed by atoms with Gasteiger partial charge in [0.2, 0.25) is 0 Å². The van der Waals surface area contributed by atoms with Gasteiger partial charge in [0.1, 0.15) is 11.5 Å². The molecule has 4 nitrogen and oxygen atoms in total. The average molecular weight is 344 g/mol. The molecule has 1 atom stereocenters. The van der Waals surface area contributed by atoms with Gasteiger partial charge in [0.25, 0.3) is 5.91 Å². The molecule has 0 fully saturated rings. The van der Waals surface area contributed by atoms with Crippen molar-refractivity contribution in [2.24, 2.45) is 16.4 Å². The van der Waals surface area contributed by atoms with E-state index in [1.165, 1.54) is 16.7 Å². The highest BCUT2D eigenvalue weighted by atomic mass is 32.1. The lowest BCUT2D eigenvalue weighted by molar-refractivity contribution is 0.0954. The van der Waals surface area contributed by atoms with Gasteiger partial charge in [-0.2, -0.15) is 5.10 Å². The highest BCUT2D eigenvalue weighted by Crippen LogP contribution is 2.40. The van der Waals surface area contributed by atoms with E-state index in [2.05, 4.69) is 31.3 Å². The fourth-order valence-electron chi connectivity index (χ4n) is 3.18. The minimum atomic E-state index is -0.138. The fraction of sp³-hybridized carbons (Fsp3) is 0.474. The van der Waals surface area contributed by atoms with Gasteiger partial charge in [0.15, 0.2) is 0 Å². The summed E-state index contributed by atoms with van der Waals surface area (Å²) in [5, 5.41) is 5.97. The third-order valence-corrected chi connectivity index (χ3v) is 5.79. The number of furan rings is 1. The number of aryl methyl sites for hydroxylation is 1. The quantitative estimate of drug-likeness (QED) is 0.655. The summed E-state index contributed by atoms with van der Waals surface area (Å²) in [7, 11) is 0. The highest BCUT2D eigenvalue weighted by molar-refractivity contribution is 7.10. The van der Waals surface area contributed by atoms with Gasteiger partial charge < -0.3 is 4.42 Å². The zero-order valence-corrected chi connectivity index (χ0v) is 15.5. The first-order valence-corrected chi connectivity index (χ1v) is 9.21. The van der Waals surface area contributed by atoms with Crippen molar-refractivity contribution >= 4 is 23.5 Å². The molecule has 0 aromatic carbocycles. The normalized spacial score (nSPS) is 17.9. The van der Waals surface area contributed by atoms with Gasteiger partial charge in [-0.3, -0.25) is 4.79 Å². The van der Waals surface area contributed by atoms with Crippen molar-refractivity contribution in [1.29, 1.82) is 0 Å². The highest BCUT2D eigenvalue weighted by Gasteiger charge is 2.31. The zero-order chi connectivity index (χ0) is 17.3. The smallest absolute Gasteiger partial charge is 0.272 e. The van der Waals surface area contributed by atoms with Gasteiger partial charge >= 0.3 is 0 Å². The van der Waals surface area contributed by atoms with E-state index in [-0.39, 0.29) is 5.91 Å². The molecule has 128 valence electrons. The van der Waals surface area contributed by atoms with Crippen LogP contribution in [0.2, 0.25) is 0 Å². The first-order chi connectivity index (χ1) is 11.3. The molecule has 1 aliphatic carbocycles. The Morgan fingerprint density at radius 3 is 2.88 bits per heavy atom. The van der Waals surface area contributed by atoms with Gasteiger partial charge in [-0.15, -0.1) is 11.3 Å². The number of rotatable bonds is 3. The molecular formula is C19H24N2O2S. The van der Waals surface area contributed by atoms with Crippen molar-refractivity contribution in [3.63, 3.8) is 0 Å². The number of hydrazone groups is 1. The summed E-state index contributed by atoms with van der Waals surface area (Å²) < 4.78 is 5.39. The number of thiophene rings is 1. The third-order valence-electron chi connectivity index (χ3n) is 4.74. The molecule has 2 heterocycles. The van der Waals surface area contributed by atoms with E-state index in [0.717, 1.165) is 30.6 Å². The molecular weight excluding hydrogens is 320 g/mol. The van der Waals surface area contributed by atoms with Crippen LogP contribution in [0.3, 0.4) is 0 Å². The number of fused-ring (bicyclic) bond motifs is 1. The predicted molar refractivity (Wildman–Crippen MR) is 97.8 cm³/mol. The van der Waals surface area contributed by atoms with Crippen molar-refractivity contribution in [3.8, 4) is 0 Å². The molecule has 0 bridgehead atoms. The Kier molecular flexibility index (Phi) is 4.63. The fourth-order valence-corrected chi connectivity index (χ4v) is 4.34. The zero-order valence-electron chi connectivity index (χ0n) is 14.7. The lowest BCUT2D eigenvalue weighted by Gasteiger charge is -2.33. The number of hydrogen-bond acceptors (Lipinski definition) is 4. The Labute approximate surface area is 147 Å². The number of carbonyl (C=O) groups excluding carboxylic acids is 1. The summed E-state index contributed by atoms with van der Waals surface area (Å²) in [6.45, 7) is 8.78. The molecule has 1 N–H and O–H groups in total. The number of hydrogen-bond donors (Lipinski definition) is 1. The summed E-state index contributed by atoms with van der Waals surface area (Å²) >= 11 is 1.70. The van der Waals surface area contributed by atoms with Gasteiger partial charge in [-0.05, 0) is 55.2 Å². The molecule has 5 heteroatoms. The molecule has 0 saturated carbocycles. The number of carbonyl (C=O) groups is 1. The summed E-state index contributed by atoms with van der Waals surface area (Å²) in [6, 6.07) is 3.69.